The first-order chi connectivity index (χ1) is 20.8. The smallest absolute Gasteiger partial charge is 0.248 e. The van der Waals surface area contributed by atoms with Gasteiger partial charge in [0.25, 0.3) is 0 Å². The molecule has 1 aromatic carbocycles. The van der Waals surface area contributed by atoms with Crippen LogP contribution in [-0.2, 0) is 9.59 Å². The molecule has 0 spiro atoms. The van der Waals surface area contributed by atoms with Gasteiger partial charge in [-0.25, -0.2) is 4.98 Å². The second-order valence-electron chi connectivity index (χ2n) is 12.9. The van der Waals surface area contributed by atoms with Gasteiger partial charge in [0.05, 0.1) is 22.1 Å². The molecule has 3 saturated heterocycles. The highest BCUT2D eigenvalue weighted by Gasteiger charge is 2.53. The predicted molar refractivity (Wildman–Crippen MR) is 169 cm³/mol. The largest absolute Gasteiger partial charge is 0.359 e. The van der Waals surface area contributed by atoms with Crippen LogP contribution < -0.4 is 20.9 Å². The Hall–Kier alpha value is -3.08. The third-order valence-corrected chi connectivity index (χ3v) is 11.0. The Morgan fingerprint density at radius 1 is 1.12 bits per heavy atom. The van der Waals surface area contributed by atoms with Crippen molar-refractivity contribution in [3.8, 4) is 10.4 Å². The molecule has 0 bridgehead atoms. The average molecular weight is 605 g/mol. The van der Waals surface area contributed by atoms with E-state index < -0.39 is 5.54 Å². The normalized spacial score (nSPS) is 24.5. The first-order valence-electron chi connectivity index (χ1n) is 15.8. The fourth-order valence-corrected chi connectivity index (χ4v) is 7.90. The standard InChI is InChI=1S/C33H44N6O3S/c1-20(28-16-30(38-42-28)39-17-27(18-39)25-10-12-34-13-11-25)15-29(40)33(21(2)9-14-36-33)32(41)37-22(3)24-5-7-26(8-6-24)31-23(4)35-19-43-31/h5-8,16,19-22,25,27,34,36H,9-15,17-18H2,1-4H3,(H,37,41)/t20?,21?,22-,33+/m0/s1. The number of nitrogens with zero attached hydrogens (tertiary/aromatic N) is 3. The molecule has 9 nitrogen and oxygen atoms in total. The van der Waals surface area contributed by atoms with E-state index in [-0.39, 0.29) is 36.0 Å². The maximum Gasteiger partial charge on any atom is 0.248 e. The maximum absolute atomic E-state index is 13.9. The Morgan fingerprint density at radius 3 is 2.51 bits per heavy atom. The number of piperidine rings is 1. The fraction of sp³-hybridized carbons (Fsp3) is 0.576. The summed E-state index contributed by atoms with van der Waals surface area (Å²) >= 11 is 1.62. The Kier molecular flexibility index (Phi) is 8.71. The zero-order chi connectivity index (χ0) is 30.1. The Morgan fingerprint density at radius 2 is 1.86 bits per heavy atom. The first-order valence-corrected chi connectivity index (χ1v) is 16.7. The molecule has 0 saturated carbocycles. The molecule has 2 unspecified atom stereocenters. The number of aryl methyl sites for hydroxylation is 1. The molecular weight excluding hydrogens is 560 g/mol. The van der Waals surface area contributed by atoms with Crippen LogP contribution in [0.3, 0.4) is 0 Å². The van der Waals surface area contributed by atoms with Crippen molar-refractivity contribution >= 4 is 28.8 Å². The lowest BCUT2D eigenvalue weighted by molar-refractivity contribution is -0.139. The van der Waals surface area contributed by atoms with Gasteiger partial charge in [-0.3, -0.25) is 14.9 Å². The van der Waals surface area contributed by atoms with E-state index in [0.717, 1.165) is 72.0 Å². The molecule has 5 heterocycles. The van der Waals surface area contributed by atoms with Crippen LogP contribution in [0.15, 0.2) is 40.4 Å². The number of carbonyl (C=O) groups excluding carboxylic acids is 2. The van der Waals surface area contributed by atoms with Gasteiger partial charge in [0, 0.05) is 31.5 Å². The number of Topliss-reactive ketones (excluding diaryl/α,β-unsaturated/α-hetero) is 1. The molecule has 0 radical (unpaired) electrons. The van der Waals surface area contributed by atoms with E-state index in [4.69, 9.17) is 4.52 Å². The summed E-state index contributed by atoms with van der Waals surface area (Å²) in [6.45, 7) is 12.8. The number of amides is 1. The lowest BCUT2D eigenvalue weighted by Gasteiger charge is -2.44. The summed E-state index contributed by atoms with van der Waals surface area (Å²) in [6, 6.07) is 9.94. The molecular formula is C33H44N6O3S. The number of anilines is 1. The highest BCUT2D eigenvalue weighted by molar-refractivity contribution is 7.13. The average Bonchev–Trinajstić information content (AvgIpc) is 3.73. The van der Waals surface area contributed by atoms with E-state index in [9.17, 15) is 9.59 Å². The van der Waals surface area contributed by atoms with Gasteiger partial charge >= 0.3 is 0 Å². The van der Waals surface area contributed by atoms with E-state index in [1.807, 2.05) is 51.4 Å². The van der Waals surface area contributed by atoms with Gasteiger partial charge in [-0.2, -0.15) is 0 Å². The Labute approximate surface area is 258 Å². The SMILES string of the molecule is Cc1ncsc1-c1ccc([C@H](C)NC(=O)[C@@]2(C(=O)CC(C)c3cc(N4CC(C5CCNCC5)C4)no3)NCCC2C)cc1. The summed E-state index contributed by atoms with van der Waals surface area (Å²) in [5, 5.41) is 14.3. The zero-order valence-electron chi connectivity index (χ0n) is 25.7. The van der Waals surface area contributed by atoms with Gasteiger partial charge in [-0.15, -0.1) is 11.3 Å². The lowest BCUT2D eigenvalue weighted by Crippen LogP contribution is -2.62. The minimum Gasteiger partial charge on any atom is -0.359 e. The summed E-state index contributed by atoms with van der Waals surface area (Å²) in [6.07, 6.45) is 3.47. The van der Waals surface area contributed by atoms with Crippen LogP contribution in [0.25, 0.3) is 10.4 Å². The van der Waals surface area contributed by atoms with Gasteiger partial charge < -0.3 is 20.1 Å². The second-order valence-corrected chi connectivity index (χ2v) is 13.7. The van der Waals surface area contributed by atoms with Crippen molar-refractivity contribution in [2.45, 2.75) is 70.9 Å². The van der Waals surface area contributed by atoms with E-state index in [0.29, 0.717) is 12.3 Å². The molecule has 10 heteroatoms. The van der Waals surface area contributed by atoms with E-state index >= 15 is 0 Å². The Bertz CT molecular complexity index is 1420. The second kappa shape index (κ2) is 12.5. The zero-order valence-corrected chi connectivity index (χ0v) is 26.5. The van der Waals surface area contributed by atoms with E-state index in [2.05, 4.69) is 43.1 Å². The quantitative estimate of drug-likeness (QED) is 0.282. The van der Waals surface area contributed by atoms with Crippen LogP contribution >= 0.6 is 11.3 Å². The van der Waals surface area contributed by atoms with Crippen molar-refractivity contribution in [2.75, 3.05) is 37.6 Å². The van der Waals surface area contributed by atoms with Crippen LogP contribution in [0.2, 0.25) is 0 Å². The molecule has 3 aromatic rings. The molecule has 3 aliphatic rings. The summed E-state index contributed by atoms with van der Waals surface area (Å²) in [5.41, 5.74) is 3.71. The van der Waals surface area contributed by atoms with Crippen molar-refractivity contribution < 1.29 is 14.1 Å². The number of hydrogen-bond acceptors (Lipinski definition) is 9. The van der Waals surface area contributed by atoms with Gasteiger partial charge in [-0.05, 0) is 81.6 Å². The molecule has 3 aliphatic heterocycles. The van der Waals surface area contributed by atoms with Gasteiger partial charge in [-0.1, -0.05) is 43.3 Å². The van der Waals surface area contributed by atoms with E-state index in [1.54, 1.807) is 11.3 Å². The molecule has 230 valence electrons. The van der Waals surface area contributed by atoms with Crippen LogP contribution in [0.1, 0.15) is 75.4 Å². The van der Waals surface area contributed by atoms with Crippen molar-refractivity contribution in [3.63, 3.8) is 0 Å². The Balaban J connectivity index is 1.08. The molecule has 43 heavy (non-hydrogen) atoms. The van der Waals surface area contributed by atoms with Crippen molar-refractivity contribution in [2.24, 2.45) is 17.8 Å². The maximum atomic E-state index is 13.9. The number of hydrogen-bond donors (Lipinski definition) is 3. The molecule has 1 amide bonds. The number of nitrogens with one attached hydrogen (secondary N) is 3. The monoisotopic (exact) mass is 604 g/mol. The highest BCUT2D eigenvalue weighted by Crippen LogP contribution is 2.36. The fourth-order valence-electron chi connectivity index (χ4n) is 7.09. The molecule has 6 rings (SSSR count). The number of aromatic nitrogens is 2. The van der Waals surface area contributed by atoms with Crippen molar-refractivity contribution in [3.05, 3.63) is 52.9 Å². The van der Waals surface area contributed by atoms with Gasteiger partial charge in [0.15, 0.2) is 17.1 Å². The minimum absolute atomic E-state index is 0.0985. The summed E-state index contributed by atoms with van der Waals surface area (Å²) < 4.78 is 5.74. The number of thiazole rings is 1. The van der Waals surface area contributed by atoms with Gasteiger partial charge in [0.1, 0.15) is 5.76 Å². The molecule has 3 fully saturated rings. The number of rotatable bonds is 10. The molecule has 3 N–H and O–H groups in total. The summed E-state index contributed by atoms with van der Waals surface area (Å²) in [4.78, 5) is 35.6. The topological polar surface area (TPSA) is 112 Å². The van der Waals surface area contributed by atoms with Crippen molar-refractivity contribution in [1.29, 1.82) is 0 Å². The third kappa shape index (κ3) is 5.89. The van der Waals surface area contributed by atoms with Crippen molar-refractivity contribution in [1.82, 2.24) is 26.1 Å². The number of carbonyl (C=O) groups is 2. The molecule has 4 atom stereocenters. The number of benzene rings is 1. The van der Waals surface area contributed by atoms with E-state index in [1.165, 1.54) is 12.8 Å². The van der Waals surface area contributed by atoms with Crippen LogP contribution in [0.4, 0.5) is 5.82 Å². The predicted octanol–water partition coefficient (Wildman–Crippen LogP) is 4.85. The molecule has 0 aliphatic carbocycles. The first kappa shape index (κ1) is 30.0. The van der Waals surface area contributed by atoms with Crippen LogP contribution in [0.5, 0.6) is 0 Å². The third-order valence-electron chi connectivity index (χ3n) is 10.1. The minimum atomic E-state index is -1.26. The van der Waals surface area contributed by atoms with Crippen LogP contribution in [0, 0.1) is 24.7 Å². The molecule has 2 aromatic heterocycles. The highest BCUT2D eigenvalue weighted by atomic mass is 32.1. The summed E-state index contributed by atoms with van der Waals surface area (Å²) in [5.74, 6) is 2.40. The van der Waals surface area contributed by atoms with Gasteiger partial charge in [0.2, 0.25) is 5.91 Å². The lowest BCUT2D eigenvalue weighted by atomic mass is 9.78. The van der Waals surface area contributed by atoms with Crippen LogP contribution in [-0.4, -0.2) is 60.1 Å². The number of ketones is 1. The summed E-state index contributed by atoms with van der Waals surface area (Å²) in [7, 11) is 0.